The fourth-order valence-corrected chi connectivity index (χ4v) is 3.86. The van der Waals surface area contributed by atoms with Gasteiger partial charge in [0.25, 0.3) is 5.91 Å². The monoisotopic (exact) mass is 432 g/mol. The minimum atomic E-state index is -0.528. The van der Waals surface area contributed by atoms with Crippen molar-refractivity contribution in [1.82, 2.24) is 9.80 Å². The van der Waals surface area contributed by atoms with Gasteiger partial charge in [-0.05, 0) is 50.6 Å². The molecule has 27 heavy (non-hydrogen) atoms. The molecule has 144 valence electrons. The maximum atomic E-state index is 13.2. The van der Waals surface area contributed by atoms with Crippen molar-refractivity contribution in [2.45, 2.75) is 39.3 Å². The maximum Gasteiger partial charge on any atom is 0.410 e. The van der Waals surface area contributed by atoms with Crippen molar-refractivity contribution < 1.29 is 14.3 Å². The van der Waals surface area contributed by atoms with Gasteiger partial charge in [-0.3, -0.25) is 4.79 Å². The first-order valence-electron chi connectivity index (χ1n) is 9.13. The number of hydrogen-bond donors (Lipinski definition) is 0. The zero-order valence-corrected chi connectivity index (χ0v) is 17.7. The largest absolute Gasteiger partial charge is 0.444 e. The second-order valence-electron chi connectivity index (χ2n) is 7.91. The Hall–Kier alpha value is -2.08. The van der Waals surface area contributed by atoms with Gasteiger partial charge < -0.3 is 14.5 Å². The van der Waals surface area contributed by atoms with Crippen molar-refractivity contribution in [2.75, 3.05) is 19.6 Å². The van der Waals surface area contributed by atoms with E-state index in [2.05, 4.69) is 15.9 Å². The summed E-state index contributed by atoms with van der Waals surface area (Å²) >= 11 is 3.55. The summed E-state index contributed by atoms with van der Waals surface area (Å²) in [4.78, 5) is 29.1. The lowest BCUT2D eigenvalue weighted by Crippen LogP contribution is -2.56. The highest BCUT2D eigenvalue weighted by atomic mass is 79.9. The lowest BCUT2D eigenvalue weighted by atomic mass is 10.0. The molecular formula is C21H25BrN2O3. The molecule has 0 aliphatic carbocycles. The van der Waals surface area contributed by atoms with Crippen molar-refractivity contribution in [3.8, 4) is 0 Å². The smallest absolute Gasteiger partial charge is 0.410 e. The number of ether oxygens (including phenoxy) is 1. The van der Waals surface area contributed by atoms with Gasteiger partial charge in [0.05, 0.1) is 0 Å². The summed E-state index contributed by atoms with van der Waals surface area (Å²) in [5, 5.41) is 1.95. The molecule has 1 aliphatic heterocycles. The molecule has 0 saturated carbocycles. The predicted octanol–water partition coefficient (Wildman–Crippen LogP) is 4.68. The van der Waals surface area contributed by atoms with Crippen LogP contribution in [0.25, 0.3) is 10.8 Å². The van der Waals surface area contributed by atoms with Crippen LogP contribution >= 0.6 is 15.9 Å². The van der Waals surface area contributed by atoms with Crippen LogP contribution in [-0.4, -0.2) is 53.1 Å². The minimum absolute atomic E-state index is 0.00520. The lowest BCUT2D eigenvalue weighted by Gasteiger charge is -2.40. The molecule has 1 aliphatic rings. The van der Waals surface area contributed by atoms with Crippen LogP contribution in [0.5, 0.6) is 0 Å². The highest BCUT2D eigenvalue weighted by Gasteiger charge is 2.33. The van der Waals surface area contributed by atoms with E-state index in [1.54, 1.807) is 4.90 Å². The van der Waals surface area contributed by atoms with E-state index >= 15 is 0 Å². The summed E-state index contributed by atoms with van der Waals surface area (Å²) in [5.74, 6) is -0.00520. The number of carbonyl (C=O) groups excluding carboxylic acids is 2. The number of nitrogens with zero attached hydrogens (tertiary/aromatic N) is 2. The number of carbonyl (C=O) groups is 2. The van der Waals surface area contributed by atoms with E-state index in [4.69, 9.17) is 4.74 Å². The van der Waals surface area contributed by atoms with Crippen LogP contribution in [0, 0.1) is 0 Å². The van der Waals surface area contributed by atoms with Crippen LogP contribution in [0.3, 0.4) is 0 Å². The molecule has 1 atom stereocenters. The summed E-state index contributed by atoms with van der Waals surface area (Å²) in [7, 11) is 0. The Morgan fingerprint density at radius 1 is 1.07 bits per heavy atom. The number of hydrogen-bond acceptors (Lipinski definition) is 3. The molecule has 0 unspecified atom stereocenters. The summed E-state index contributed by atoms with van der Waals surface area (Å²) in [6.07, 6.45) is -0.323. The van der Waals surface area contributed by atoms with Crippen molar-refractivity contribution in [3.63, 3.8) is 0 Å². The van der Waals surface area contributed by atoms with Crippen LogP contribution in [0.15, 0.2) is 40.9 Å². The molecule has 0 N–H and O–H groups in total. The Balaban J connectivity index is 1.77. The Labute approximate surface area is 168 Å². The first kappa shape index (κ1) is 19.7. The van der Waals surface area contributed by atoms with Gasteiger partial charge in [-0.25, -0.2) is 4.79 Å². The van der Waals surface area contributed by atoms with Gasteiger partial charge in [0, 0.05) is 35.7 Å². The molecule has 2 aromatic carbocycles. The SMILES string of the molecule is C[C@H]1CN(C(=O)c2cccc3c(Br)cccc23)CCN1C(=O)OC(C)(C)C. The van der Waals surface area contributed by atoms with Crippen molar-refractivity contribution >= 4 is 38.7 Å². The summed E-state index contributed by atoms with van der Waals surface area (Å²) in [6, 6.07) is 11.5. The number of halogens is 1. The molecule has 2 aromatic rings. The Bertz CT molecular complexity index is 875. The number of benzene rings is 2. The third kappa shape index (κ3) is 4.26. The minimum Gasteiger partial charge on any atom is -0.444 e. The molecule has 0 radical (unpaired) electrons. The van der Waals surface area contributed by atoms with Gasteiger partial charge >= 0.3 is 6.09 Å². The molecular weight excluding hydrogens is 408 g/mol. The Morgan fingerprint density at radius 2 is 1.74 bits per heavy atom. The molecule has 1 fully saturated rings. The van der Waals surface area contributed by atoms with E-state index in [0.717, 1.165) is 15.2 Å². The third-order valence-corrected chi connectivity index (χ3v) is 5.33. The molecule has 0 aromatic heterocycles. The first-order valence-corrected chi connectivity index (χ1v) is 9.93. The number of rotatable bonds is 1. The summed E-state index contributed by atoms with van der Waals surface area (Å²) in [5.41, 5.74) is 0.159. The van der Waals surface area contributed by atoms with Crippen molar-refractivity contribution in [1.29, 1.82) is 0 Å². The zero-order chi connectivity index (χ0) is 19.8. The highest BCUT2D eigenvalue weighted by Crippen LogP contribution is 2.27. The number of amides is 2. The number of fused-ring (bicyclic) bond motifs is 1. The average Bonchev–Trinajstić information content (AvgIpc) is 2.59. The van der Waals surface area contributed by atoms with Crippen LogP contribution < -0.4 is 0 Å². The molecule has 5 nitrogen and oxygen atoms in total. The van der Waals surface area contributed by atoms with Crippen molar-refractivity contribution in [2.24, 2.45) is 0 Å². The van der Waals surface area contributed by atoms with Crippen molar-refractivity contribution in [3.05, 3.63) is 46.4 Å². The topological polar surface area (TPSA) is 49.9 Å². The van der Waals surface area contributed by atoms with Gasteiger partial charge in [-0.15, -0.1) is 0 Å². The first-order chi connectivity index (χ1) is 12.7. The molecule has 1 saturated heterocycles. The molecule has 1 heterocycles. The van der Waals surface area contributed by atoms with E-state index in [1.807, 2.05) is 69.0 Å². The number of piperazine rings is 1. The summed E-state index contributed by atoms with van der Waals surface area (Å²) < 4.78 is 6.45. The third-order valence-electron chi connectivity index (χ3n) is 4.64. The van der Waals surface area contributed by atoms with Crippen LogP contribution in [0.4, 0.5) is 4.79 Å². The van der Waals surface area contributed by atoms with Crippen LogP contribution in [0.1, 0.15) is 38.1 Å². The second-order valence-corrected chi connectivity index (χ2v) is 8.77. The van der Waals surface area contributed by atoms with Gasteiger partial charge in [-0.2, -0.15) is 0 Å². The fraction of sp³-hybridized carbons (Fsp3) is 0.429. The fourth-order valence-electron chi connectivity index (χ4n) is 3.36. The Morgan fingerprint density at radius 3 is 2.41 bits per heavy atom. The molecule has 2 amide bonds. The standard InChI is InChI=1S/C21H25BrN2O3/c1-14-13-23(11-12-24(14)20(26)27-21(2,3)4)19(25)17-9-5-8-16-15(17)7-6-10-18(16)22/h5-10,14H,11-13H2,1-4H3/t14-/m0/s1. The molecule has 0 bridgehead atoms. The molecule has 0 spiro atoms. The predicted molar refractivity (Wildman–Crippen MR) is 110 cm³/mol. The van der Waals surface area contributed by atoms with E-state index < -0.39 is 5.60 Å². The van der Waals surface area contributed by atoms with E-state index in [0.29, 0.717) is 25.2 Å². The second kappa shape index (κ2) is 7.50. The zero-order valence-electron chi connectivity index (χ0n) is 16.2. The average molecular weight is 433 g/mol. The van der Waals surface area contributed by atoms with Gasteiger partial charge in [0.1, 0.15) is 5.60 Å². The summed E-state index contributed by atoms with van der Waals surface area (Å²) in [6.45, 7) is 8.96. The van der Waals surface area contributed by atoms with E-state index in [9.17, 15) is 9.59 Å². The lowest BCUT2D eigenvalue weighted by molar-refractivity contribution is 0.00201. The van der Waals surface area contributed by atoms with Crippen LogP contribution in [0.2, 0.25) is 0 Å². The van der Waals surface area contributed by atoms with Gasteiger partial charge in [0.2, 0.25) is 0 Å². The normalized spacial score (nSPS) is 17.9. The molecule has 3 rings (SSSR count). The van der Waals surface area contributed by atoms with Crippen LogP contribution in [-0.2, 0) is 4.74 Å². The van der Waals surface area contributed by atoms with Gasteiger partial charge in [-0.1, -0.05) is 40.2 Å². The molecule has 6 heteroatoms. The Kier molecular flexibility index (Phi) is 5.47. The van der Waals surface area contributed by atoms with Gasteiger partial charge in [0.15, 0.2) is 0 Å². The highest BCUT2D eigenvalue weighted by molar-refractivity contribution is 9.10. The maximum absolute atomic E-state index is 13.2. The quantitative estimate of drug-likeness (QED) is 0.656. The van der Waals surface area contributed by atoms with E-state index in [1.165, 1.54) is 0 Å². The van der Waals surface area contributed by atoms with E-state index in [-0.39, 0.29) is 18.0 Å².